The molecule has 1 fully saturated rings. The third-order valence-electron chi connectivity index (χ3n) is 2.71. The van der Waals surface area contributed by atoms with Gasteiger partial charge in [0.25, 0.3) is 0 Å². The molecule has 1 saturated heterocycles. The Hall–Kier alpha value is -1.10. The molecule has 0 aromatic heterocycles. The zero-order valence-electron chi connectivity index (χ0n) is 10.9. The molecule has 0 aromatic rings. The maximum Gasteiger partial charge on any atom is 0.330 e. The zero-order valence-corrected chi connectivity index (χ0v) is 10.9. The first-order valence-corrected chi connectivity index (χ1v) is 6.23. The highest BCUT2D eigenvalue weighted by atomic mass is 16.5. The van der Waals surface area contributed by atoms with Crippen molar-refractivity contribution in [2.75, 3.05) is 26.2 Å². The number of hydrogen-bond donors (Lipinski definition) is 1. The van der Waals surface area contributed by atoms with Crippen LogP contribution >= 0.6 is 0 Å². The van der Waals surface area contributed by atoms with Gasteiger partial charge in [-0.25, -0.2) is 4.79 Å². The van der Waals surface area contributed by atoms with E-state index in [9.17, 15) is 9.59 Å². The second-order valence-corrected chi connectivity index (χ2v) is 4.66. The van der Waals surface area contributed by atoms with E-state index in [0.29, 0.717) is 32.0 Å². The Morgan fingerprint density at radius 1 is 1.47 bits per heavy atom. The number of ether oxygens (including phenoxy) is 1. The summed E-state index contributed by atoms with van der Waals surface area (Å²) in [5.74, 6) is 0.0385. The summed E-state index contributed by atoms with van der Waals surface area (Å²) in [5, 5.41) is 3.12. The zero-order chi connectivity index (χ0) is 12.8. The number of rotatable bonds is 4. The monoisotopic (exact) mass is 242 g/mol. The van der Waals surface area contributed by atoms with Gasteiger partial charge >= 0.3 is 5.97 Å². The van der Waals surface area contributed by atoms with Gasteiger partial charge in [-0.3, -0.25) is 4.79 Å². The summed E-state index contributed by atoms with van der Waals surface area (Å²) < 4.78 is 4.99. The van der Waals surface area contributed by atoms with Crippen LogP contribution in [-0.4, -0.2) is 49.1 Å². The molecule has 0 aliphatic carbocycles. The first kappa shape index (κ1) is 14.0. The molecule has 1 atom stereocenters. The summed E-state index contributed by atoms with van der Waals surface area (Å²) in [7, 11) is 0. The summed E-state index contributed by atoms with van der Waals surface area (Å²) in [6.45, 7) is 7.92. The number of carbonyl (C=O) groups excluding carboxylic acids is 2. The fourth-order valence-electron chi connectivity index (χ4n) is 1.92. The van der Waals surface area contributed by atoms with Crippen LogP contribution in [0.3, 0.4) is 0 Å². The molecule has 0 aromatic carbocycles. The van der Waals surface area contributed by atoms with Crippen LogP contribution in [-0.2, 0) is 14.3 Å². The van der Waals surface area contributed by atoms with E-state index >= 15 is 0 Å². The van der Waals surface area contributed by atoms with Crippen LogP contribution in [0, 0.1) is 5.92 Å². The molecule has 1 rings (SSSR count). The van der Waals surface area contributed by atoms with Crippen molar-refractivity contribution in [3.8, 4) is 0 Å². The van der Waals surface area contributed by atoms with Crippen LogP contribution in [0.15, 0.2) is 0 Å². The highest BCUT2D eigenvalue weighted by Crippen LogP contribution is 2.11. The minimum absolute atomic E-state index is 0.0413. The van der Waals surface area contributed by atoms with E-state index in [-0.39, 0.29) is 11.9 Å². The van der Waals surface area contributed by atoms with E-state index in [1.807, 2.05) is 13.8 Å². The average Bonchev–Trinajstić information content (AvgIpc) is 2.28. The first-order chi connectivity index (χ1) is 8.06. The molecule has 1 heterocycles. The van der Waals surface area contributed by atoms with Crippen LogP contribution in [0.5, 0.6) is 0 Å². The van der Waals surface area contributed by atoms with Crippen molar-refractivity contribution in [2.45, 2.75) is 33.2 Å². The molecule has 5 heteroatoms. The Morgan fingerprint density at radius 2 is 2.18 bits per heavy atom. The maximum absolute atomic E-state index is 12.0. The lowest BCUT2D eigenvalue weighted by Gasteiger charge is -2.34. The molecule has 1 aliphatic rings. The van der Waals surface area contributed by atoms with Gasteiger partial charge in [-0.2, -0.15) is 0 Å². The minimum Gasteiger partial charge on any atom is -0.464 e. The normalized spacial score (nSPS) is 20.5. The summed E-state index contributed by atoms with van der Waals surface area (Å²) in [6.07, 6.45) is 0.482. The number of hydrogen-bond acceptors (Lipinski definition) is 4. The standard InChI is InChI=1S/C12H22N2O3/c1-4-17-12(16)10-8-13-5-6-14(10)11(15)7-9(2)3/h9-10,13H,4-8H2,1-3H3. The molecule has 0 bridgehead atoms. The van der Waals surface area contributed by atoms with Crippen molar-refractivity contribution < 1.29 is 14.3 Å². The molecular formula is C12H22N2O3. The molecule has 0 saturated carbocycles. The Labute approximate surface area is 102 Å². The van der Waals surface area contributed by atoms with E-state index in [1.165, 1.54) is 0 Å². The van der Waals surface area contributed by atoms with E-state index in [2.05, 4.69) is 5.32 Å². The van der Waals surface area contributed by atoms with Crippen molar-refractivity contribution in [3.05, 3.63) is 0 Å². The van der Waals surface area contributed by atoms with Crippen LogP contribution in [0.2, 0.25) is 0 Å². The molecule has 1 unspecified atom stereocenters. The SMILES string of the molecule is CCOC(=O)C1CNCCN1C(=O)CC(C)C. The number of esters is 1. The largest absolute Gasteiger partial charge is 0.464 e. The minimum atomic E-state index is -0.463. The lowest BCUT2D eigenvalue weighted by molar-refractivity contribution is -0.156. The summed E-state index contributed by atoms with van der Waals surface area (Å²) in [5.41, 5.74) is 0. The molecule has 17 heavy (non-hydrogen) atoms. The Morgan fingerprint density at radius 3 is 2.76 bits per heavy atom. The lowest BCUT2D eigenvalue weighted by atomic mass is 10.1. The molecule has 1 N–H and O–H groups in total. The van der Waals surface area contributed by atoms with Gasteiger partial charge in [0.05, 0.1) is 6.61 Å². The average molecular weight is 242 g/mol. The third-order valence-corrected chi connectivity index (χ3v) is 2.71. The molecule has 0 spiro atoms. The summed E-state index contributed by atoms with van der Waals surface area (Å²) >= 11 is 0. The Bertz CT molecular complexity index is 279. The number of piperazine rings is 1. The van der Waals surface area contributed by atoms with Gasteiger partial charge in [0.2, 0.25) is 5.91 Å². The second kappa shape index (κ2) is 6.59. The third kappa shape index (κ3) is 4.00. The van der Waals surface area contributed by atoms with Gasteiger partial charge in [-0.15, -0.1) is 0 Å². The van der Waals surface area contributed by atoms with Gasteiger partial charge in [0, 0.05) is 26.1 Å². The van der Waals surface area contributed by atoms with Crippen molar-refractivity contribution in [3.63, 3.8) is 0 Å². The topological polar surface area (TPSA) is 58.6 Å². The van der Waals surface area contributed by atoms with E-state index in [0.717, 1.165) is 6.54 Å². The number of nitrogens with zero attached hydrogens (tertiary/aromatic N) is 1. The van der Waals surface area contributed by atoms with Crippen molar-refractivity contribution >= 4 is 11.9 Å². The van der Waals surface area contributed by atoms with Crippen molar-refractivity contribution in [1.82, 2.24) is 10.2 Å². The van der Waals surface area contributed by atoms with Gasteiger partial charge in [0.1, 0.15) is 6.04 Å². The molecule has 0 radical (unpaired) electrons. The summed E-state index contributed by atoms with van der Waals surface area (Å²) in [4.78, 5) is 25.4. The Kier molecular flexibility index (Phi) is 5.41. The number of carbonyl (C=O) groups is 2. The molecule has 1 aliphatic heterocycles. The van der Waals surface area contributed by atoms with Gasteiger partial charge in [-0.1, -0.05) is 13.8 Å². The van der Waals surface area contributed by atoms with Crippen LogP contribution in [0.4, 0.5) is 0 Å². The van der Waals surface area contributed by atoms with Gasteiger partial charge in [0.15, 0.2) is 0 Å². The highest BCUT2D eigenvalue weighted by Gasteiger charge is 2.32. The van der Waals surface area contributed by atoms with Crippen LogP contribution in [0.25, 0.3) is 0 Å². The number of nitrogens with one attached hydrogen (secondary N) is 1. The second-order valence-electron chi connectivity index (χ2n) is 4.66. The molecular weight excluding hydrogens is 220 g/mol. The van der Waals surface area contributed by atoms with Crippen LogP contribution in [0.1, 0.15) is 27.2 Å². The predicted octanol–water partition coefficient (Wildman–Crippen LogP) is 0.396. The van der Waals surface area contributed by atoms with E-state index in [4.69, 9.17) is 4.74 Å². The molecule has 1 amide bonds. The van der Waals surface area contributed by atoms with Crippen molar-refractivity contribution in [1.29, 1.82) is 0 Å². The fourth-order valence-corrected chi connectivity index (χ4v) is 1.92. The Balaban J connectivity index is 2.65. The predicted molar refractivity (Wildman–Crippen MR) is 64.5 cm³/mol. The van der Waals surface area contributed by atoms with Crippen molar-refractivity contribution in [2.24, 2.45) is 5.92 Å². The van der Waals surface area contributed by atoms with Crippen LogP contribution < -0.4 is 5.32 Å². The lowest BCUT2D eigenvalue weighted by Crippen LogP contribution is -2.57. The van der Waals surface area contributed by atoms with E-state index in [1.54, 1.807) is 11.8 Å². The number of amides is 1. The van der Waals surface area contributed by atoms with Gasteiger partial charge in [-0.05, 0) is 12.8 Å². The maximum atomic E-state index is 12.0. The summed E-state index contributed by atoms with van der Waals surface area (Å²) in [6, 6.07) is -0.463. The molecule has 98 valence electrons. The molecule has 5 nitrogen and oxygen atoms in total. The quantitative estimate of drug-likeness (QED) is 0.725. The highest BCUT2D eigenvalue weighted by molar-refractivity contribution is 5.85. The van der Waals surface area contributed by atoms with Gasteiger partial charge < -0.3 is 15.0 Å². The first-order valence-electron chi connectivity index (χ1n) is 6.23. The van der Waals surface area contributed by atoms with E-state index < -0.39 is 6.04 Å². The smallest absolute Gasteiger partial charge is 0.330 e. The fraction of sp³-hybridized carbons (Fsp3) is 0.833.